The van der Waals surface area contributed by atoms with Crippen molar-refractivity contribution in [1.82, 2.24) is 5.32 Å². The van der Waals surface area contributed by atoms with Crippen LogP contribution >= 0.6 is 0 Å². The Morgan fingerprint density at radius 3 is 2.38 bits per heavy atom. The third kappa shape index (κ3) is 5.03. The zero-order valence-electron chi connectivity index (χ0n) is 15.7. The molecule has 1 unspecified atom stereocenters. The molecule has 3 aromatic rings. The van der Waals surface area contributed by atoms with E-state index in [1.165, 1.54) is 49.8 Å². The second-order valence-electron chi connectivity index (χ2n) is 6.33. The minimum Gasteiger partial charge on any atom is -0.497 e. The number of hydrogen-bond acceptors (Lipinski definition) is 5. The number of benzene rings is 2. The smallest absolute Gasteiger partial charge is 0.224 e. The number of halogens is 1. The normalized spacial score (nSPS) is 12.3. The molecule has 0 radical (unpaired) electrons. The fourth-order valence-electron chi connectivity index (χ4n) is 2.82. The Morgan fingerprint density at radius 1 is 1.10 bits per heavy atom. The summed E-state index contributed by atoms with van der Waals surface area (Å²) in [5.74, 6) is -0.00952. The maximum atomic E-state index is 13.1. The van der Waals surface area contributed by atoms with Crippen LogP contribution in [-0.2, 0) is 21.1 Å². The first kappa shape index (κ1) is 20.6. The van der Waals surface area contributed by atoms with Gasteiger partial charge in [0.1, 0.15) is 22.6 Å². The summed E-state index contributed by atoms with van der Waals surface area (Å²) in [7, 11) is -2.34. The van der Waals surface area contributed by atoms with E-state index >= 15 is 0 Å². The van der Waals surface area contributed by atoms with E-state index in [9.17, 15) is 17.6 Å². The lowest BCUT2D eigenvalue weighted by atomic mass is 10.1. The van der Waals surface area contributed by atoms with E-state index in [2.05, 4.69) is 5.32 Å². The molecule has 1 atom stereocenters. The van der Waals surface area contributed by atoms with Crippen molar-refractivity contribution in [2.45, 2.75) is 16.6 Å². The van der Waals surface area contributed by atoms with Gasteiger partial charge in [-0.25, -0.2) is 12.8 Å². The average Bonchev–Trinajstić information content (AvgIpc) is 3.24. The van der Waals surface area contributed by atoms with Crippen LogP contribution in [0.2, 0.25) is 0 Å². The molecule has 0 bridgehead atoms. The maximum absolute atomic E-state index is 13.1. The van der Waals surface area contributed by atoms with E-state index in [-0.39, 0.29) is 29.5 Å². The van der Waals surface area contributed by atoms with Gasteiger partial charge in [0, 0.05) is 6.54 Å². The molecule has 1 aromatic heterocycles. The minimum atomic E-state index is -3.84. The number of furan rings is 1. The summed E-state index contributed by atoms with van der Waals surface area (Å²) in [5, 5.41) is 1.54. The first-order chi connectivity index (χ1) is 13.9. The molecule has 8 heteroatoms. The number of nitrogens with one attached hydrogen (secondary N) is 1. The Labute approximate surface area is 168 Å². The zero-order chi connectivity index (χ0) is 20.9. The van der Waals surface area contributed by atoms with Crippen molar-refractivity contribution >= 4 is 15.7 Å². The second kappa shape index (κ2) is 8.91. The van der Waals surface area contributed by atoms with E-state index in [4.69, 9.17) is 9.15 Å². The zero-order valence-corrected chi connectivity index (χ0v) is 16.5. The molecule has 0 saturated heterocycles. The highest BCUT2D eigenvalue weighted by molar-refractivity contribution is 7.91. The van der Waals surface area contributed by atoms with Crippen molar-refractivity contribution in [2.75, 3.05) is 13.7 Å². The number of carbonyl (C=O) groups is 1. The van der Waals surface area contributed by atoms with E-state index < -0.39 is 20.9 Å². The van der Waals surface area contributed by atoms with Crippen molar-refractivity contribution in [3.05, 3.63) is 84.1 Å². The van der Waals surface area contributed by atoms with Gasteiger partial charge >= 0.3 is 0 Å². The average molecular weight is 417 g/mol. The fourth-order valence-corrected chi connectivity index (χ4v) is 4.41. The summed E-state index contributed by atoms with van der Waals surface area (Å²) < 4.78 is 49.7. The van der Waals surface area contributed by atoms with Crippen molar-refractivity contribution in [3.63, 3.8) is 0 Å². The van der Waals surface area contributed by atoms with Gasteiger partial charge in [-0.1, -0.05) is 12.1 Å². The van der Waals surface area contributed by atoms with Crippen molar-refractivity contribution < 1.29 is 26.8 Å². The Hall–Kier alpha value is -3.13. The molecule has 0 saturated carbocycles. The van der Waals surface area contributed by atoms with Crippen LogP contribution in [-0.4, -0.2) is 28.0 Å². The fraction of sp³-hybridized carbons (Fsp3) is 0.190. The van der Waals surface area contributed by atoms with Gasteiger partial charge in [0.25, 0.3) is 0 Å². The van der Waals surface area contributed by atoms with Crippen LogP contribution in [0.1, 0.15) is 16.6 Å². The van der Waals surface area contributed by atoms with E-state index in [0.717, 1.165) is 0 Å². The Balaban J connectivity index is 1.76. The summed E-state index contributed by atoms with van der Waals surface area (Å²) in [4.78, 5) is 12.4. The van der Waals surface area contributed by atoms with Crippen molar-refractivity contribution in [3.8, 4) is 5.75 Å². The first-order valence-corrected chi connectivity index (χ1v) is 10.4. The van der Waals surface area contributed by atoms with Gasteiger partial charge in [-0.15, -0.1) is 0 Å². The highest BCUT2D eigenvalue weighted by atomic mass is 32.2. The SMILES string of the molecule is COc1ccc(S(=O)(=O)C(CNC(=O)Cc2ccc(F)cc2)c2ccco2)cc1. The van der Waals surface area contributed by atoms with Gasteiger partial charge in [-0.05, 0) is 54.1 Å². The molecule has 152 valence electrons. The summed E-state index contributed by atoms with van der Waals surface area (Å²) >= 11 is 0. The molecule has 3 rings (SSSR count). The Kier molecular flexibility index (Phi) is 6.33. The quantitative estimate of drug-likeness (QED) is 0.608. The molecule has 0 fully saturated rings. The lowest BCUT2D eigenvalue weighted by Crippen LogP contribution is -2.32. The topological polar surface area (TPSA) is 85.6 Å². The highest BCUT2D eigenvalue weighted by Crippen LogP contribution is 2.30. The van der Waals surface area contributed by atoms with E-state index in [1.54, 1.807) is 24.3 Å². The summed E-state index contributed by atoms with van der Waals surface area (Å²) in [6.45, 7) is -0.165. The monoisotopic (exact) mass is 417 g/mol. The van der Waals surface area contributed by atoms with Crippen LogP contribution in [0.4, 0.5) is 4.39 Å². The lowest BCUT2D eigenvalue weighted by molar-refractivity contribution is -0.120. The summed E-state index contributed by atoms with van der Waals surface area (Å²) in [6.07, 6.45) is 1.39. The van der Waals surface area contributed by atoms with Gasteiger partial charge in [0.2, 0.25) is 5.91 Å². The highest BCUT2D eigenvalue weighted by Gasteiger charge is 2.31. The molecular formula is C21H20FNO5S. The Bertz CT molecular complexity index is 1050. The number of hydrogen-bond donors (Lipinski definition) is 1. The molecule has 0 aliphatic carbocycles. The largest absolute Gasteiger partial charge is 0.497 e. The van der Waals surface area contributed by atoms with Crippen LogP contribution in [0.15, 0.2) is 76.2 Å². The maximum Gasteiger partial charge on any atom is 0.224 e. The molecule has 0 aliphatic heterocycles. The van der Waals surface area contributed by atoms with Crippen LogP contribution in [0.25, 0.3) is 0 Å². The molecule has 6 nitrogen and oxygen atoms in total. The molecular weight excluding hydrogens is 397 g/mol. The molecule has 1 N–H and O–H groups in total. The van der Waals surface area contributed by atoms with E-state index in [1.807, 2.05) is 0 Å². The Morgan fingerprint density at radius 2 is 1.79 bits per heavy atom. The summed E-state index contributed by atoms with van der Waals surface area (Å²) in [5.41, 5.74) is 0.622. The van der Waals surface area contributed by atoms with Gasteiger partial charge in [-0.3, -0.25) is 4.79 Å². The van der Waals surface area contributed by atoms with Gasteiger partial charge < -0.3 is 14.5 Å². The molecule has 2 aromatic carbocycles. The lowest BCUT2D eigenvalue weighted by Gasteiger charge is -2.17. The van der Waals surface area contributed by atoms with Crippen LogP contribution in [0, 0.1) is 5.82 Å². The second-order valence-corrected chi connectivity index (χ2v) is 8.46. The predicted octanol–water partition coefficient (Wildman–Crippen LogP) is 3.30. The third-order valence-corrected chi connectivity index (χ3v) is 6.46. The number of carbonyl (C=O) groups excluding carboxylic acids is 1. The van der Waals surface area contributed by atoms with Gasteiger partial charge in [0.15, 0.2) is 9.84 Å². The number of rotatable bonds is 8. The standard InChI is InChI=1S/C21H20FNO5S/c1-27-17-8-10-18(11-9-17)29(25,26)20(19-3-2-12-28-19)14-23-21(24)13-15-4-6-16(22)7-5-15/h2-12,20H,13-14H2,1H3,(H,23,24). The molecule has 1 heterocycles. The third-order valence-electron chi connectivity index (χ3n) is 4.39. The number of sulfone groups is 1. The van der Waals surface area contributed by atoms with Crippen LogP contribution in [0.3, 0.4) is 0 Å². The molecule has 29 heavy (non-hydrogen) atoms. The molecule has 0 spiro atoms. The van der Waals surface area contributed by atoms with Gasteiger partial charge in [0.05, 0.1) is 24.7 Å². The van der Waals surface area contributed by atoms with Crippen LogP contribution in [0.5, 0.6) is 5.75 Å². The number of methoxy groups -OCH3 is 1. The minimum absolute atomic E-state index is 0.00768. The van der Waals surface area contributed by atoms with Crippen molar-refractivity contribution in [2.24, 2.45) is 0 Å². The first-order valence-electron chi connectivity index (χ1n) is 8.82. The summed E-state index contributed by atoms with van der Waals surface area (Å²) in [6, 6.07) is 14.7. The van der Waals surface area contributed by atoms with Crippen molar-refractivity contribution in [1.29, 1.82) is 0 Å². The van der Waals surface area contributed by atoms with E-state index in [0.29, 0.717) is 11.3 Å². The number of amides is 1. The molecule has 1 amide bonds. The van der Waals surface area contributed by atoms with Gasteiger partial charge in [-0.2, -0.15) is 0 Å². The number of ether oxygens (including phenoxy) is 1. The predicted molar refractivity (Wildman–Crippen MR) is 105 cm³/mol. The van der Waals surface area contributed by atoms with Crippen LogP contribution < -0.4 is 10.1 Å². The molecule has 0 aliphatic rings.